The van der Waals surface area contributed by atoms with Crippen molar-refractivity contribution >= 4 is 21.7 Å². The number of nitrogens with zero attached hydrogens (tertiary/aromatic N) is 2. The molecular formula is C24H34N4O3S. The van der Waals surface area contributed by atoms with Crippen LogP contribution in [0.1, 0.15) is 60.8 Å². The molecular weight excluding hydrogens is 424 g/mol. The Morgan fingerprint density at radius 2 is 1.53 bits per heavy atom. The predicted octanol–water partition coefficient (Wildman–Crippen LogP) is 2.42. The molecule has 2 amide bonds. The fourth-order valence-electron chi connectivity index (χ4n) is 7.19. The molecule has 2 bridgehead atoms. The van der Waals surface area contributed by atoms with Crippen LogP contribution in [0.3, 0.4) is 0 Å². The van der Waals surface area contributed by atoms with E-state index >= 15 is 0 Å². The average Bonchev–Trinajstić information content (AvgIpc) is 3.42. The molecule has 174 valence electrons. The van der Waals surface area contributed by atoms with Gasteiger partial charge in [-0.2, -0.15) is 0 Å². The summed E-state index contributed by atoms with van der Waals surface area (Å²) < 4.78 is 28.8. The maximum atomic E-state index is 13.2. The molecule has 3 heterocycles. The molecule has 2 aliphatic carbocycles. The highest BCUT2D eigenvalue weighted by Gasteiger charge is 2.49. The summed E-state index contributed by atoms with van der Waals surface area (Å²) in [6.07, 6.45) is 9.65. The average molecular weight is 459 g/mol. The second kappa shape index (κ2) is 7.71. The molecule has 8 heteroatoms. The molecule has 5 aliphatic rings. The zero-order valence-electron chi connectivity index (χ0n) is 18.9. The summed E-state index contributed by atoms with van der Waals surface area (Å²) in [6, 6.07) is 2.96. The fourth-order valence-corrected chi connectivity index (χ4v) is 8.61. The van der Waals surface area contributed by atoms with E-state index < -0.39 is 21.3 Å². The van der Waals surface area contributed by atoms with Crippen molar-refractivity contribution in [2.24, 2.45) is 0 Å². The van der Waals surface area contributed by atoms with E-state index in [0.29, 0.717) is 31.0 Å². The van der Waals surface area contributed by atoms with Gasteiger partial charge in [0.25, 0.3) is 0 Å². The number of likely N-dealkylation sites (N-methyl/N-ethyl adjacent to an activating group) is 1. The fraction of sp³-hybridized carbons (Fsp3) is 0.708. The van der Waals surface area contributed by atoms with Gasteiger partial charge in [0.2, 0.25) is 10.0 Å². The van der Waals surface area contributed by atoms with Crippen molar-refractivity contribution in [2.45, 2.75) is 87.6 Å². The molecule has 32 heavy (non-hydrogen) atoms. The van der Waals surface area contributed by atoms with E-state index in [-0.39, 0.29) is 0 Å². The van der Waals surface area contributed by atoms with Crippen LogP contribution in [0.4, 0.5) is 10.5 Å². The number of aryl methyl sites for hydroxylation is 2. The molecule has 1 aromatic rings. The second-order valence-electron chi connectivity index (χ2n) is 10.6. The van der Waals surface area contributed by atoms with Gasteiger partial charge in [-0.25, -0.2) is 17.9 Å². The van der Waals surface area contributed by atoms with Crippen LogP contribution >= 0.6 is 0 Å². The molecule has 0 saturated carbocycles. The van der Waals surface area contributed by atoms with Gasteiger partial charge in [0.15, 0.2) is 0 Å². The third kappa shape index (κ3) is 3.46. The number of urea groups is 1. The van der Waals surface area contributed by atoms with Crippen LogP contribution in [0, 0.1) is 0 Å². The van der Waals surface area contributed by atoms with Crippen LogP contribution in [0.15, 0.2) is 6.07 Å². The lowest BCUT2D eigenvalue weighted by molar-refractivity contribution is 0.000515. The molecule has 3 saturated heterocycles. The van der Waals surface area contributed by atoms with Gasteiger partial charge in [-0.3, -0.25) is 4.90 Å². The summed E-state index contributed by atoms with van der Waals surface area (Å²) in [5, 5.41) is 2.50. The van der Waals surface area contributed by atoms with Gasteiger partial charge in [0, 0.05) is 36.9 Å². The number of fused-ring (bicyclic) bond motifs is 4. The summed E-state index contributed by atoms with van der Waals surface area (Å²) >= 11 is 0. The van der Waals surface area contributed by atoms with E-state index in [1.54, 1.807) is 0 Å². The molecule has 0 spiro atoms. The van der Waals surface area contributed by atoms with Crippen molar-refractivity contribution in [3.05, 3.63) is 28.3 Å². The number of benzene rings is 1. The number of hydrogen-bond acceptors (Lipinski definition) is 5. The minimum Gasteiger partial charge on any atom is -0.307 e. The molecule has 7 nitrogen and oxygen atoms in total. The Morgan fingerprint density at radius 1 is 0.938 bits per heavy atom. The zero-order chi connectivity index (χ0) is 22.0. The lowest BCUT2D eigenvalue weighted by Crippen LogP contribution is -2.63. The number of piperidine rings is 1. The van der Waals surface area contributed by atoms with Gasteiger partial charge in [-0.05, 0) is 93.5 Å². The molecule has 0 radical (unpaired) electrons. The third-order valence-corrected chi connectivity index (χ3v) is 10.3. The summed E-state index contributed by atoms with van der Waals surface area (Å²) in [6.45, 7) is 2.16. The molecule has 6 rings (SSSR count). The van der Waals surface area contributed by atoms with Gasteiger partial charge in [0.05, 0.1) is 5.25 Å². The minimum absolute atomic E-state index is 0.331. The highest BCUT2D eigenvalue weighted by Crippen LogP contribution is 2.41. The normalized spacial score (nSPS) is 30.1. The highest BCUT2D eigenvalue weighted by atomic mass is 32.2. The van der Waals surface area contributed by atoms with E-state index in [0.717, 1.165) is 70.1 Å². The number of nitrogens with one attached hydrogen (secondary N) is 2. The topological polar surface area (TPSA) is 81.8 Å². The van der Waals surface area contributed by atoms with Crippen LogP contribution in [-0.4, -0.2) is 67.8 Å². The number of rotatable bonds is 4. The second-order valence-corrected chi connectivity index (χ2v) is 12.6. The summed E-state index contributed by atoms with van der Waals surface area (Å²) in [4.78, 5) is 17.8. The Kier molecular flexibility index (Phi) is 5.04. The highest BCUT2D eigenvalue weighted by molar-refractivity contribution is 7.90. The van der Waals surface area contributed by atoms with E-state index in [4.69, 9.17) is 0 Å². The van der Waals surface area contributed by atoms with Crippen LogP contribution in [-0.2, 0) is 35.7 Å². The number of hydrogen-bond donors (Lipinski definition) is 2. The Labute approximate surface area is 191 Å². The number of carbonyl (C=O) groups is 1. The Bertz CT molecular complexity index is 1000. The van der Waals surface area contributed by atoms with Crippen molar-refractivity contribution in [1.82, 2.24) is 14.5 Å². The van der Waals surface area contributed by atoms with Gasteiger partial charge < -0.3 is 10.2 Å². The quantitative estimate of drug-likeness (QED) is 0.724. The minimum atomic E-state index is -3.70. The Morgan fingerprint density at radius 3 is 2.09 bits per heavy atom. The first-order valence-electron chi connectivity index (χ1n) is 12.3. The van der Waals surface area contributed by atoms with Gasteiger partial charge in [-0.1, -0.05) is 6.07 Å². The van der Waals surface area contributed by atoms with Crippen molar-refractivity contribution in [2.75, 3.05) is 25.5 Å². The molecule has 3 fully saturated rings. The first kappa shape index (κ1) is 20.9. The van der Waals surface area contributed by atoms with Crippen LogP contribution in [0.25, 0.3) is 0 Å². The maximum absolute atomic E-state index is 13.2. The van der Waals surface area contributed by atoms with E-state index in [1.807, 2.05) is 0 Å². The van der Waals surface area contributed by atoms with E-state index in [2.05, 4.69) is 33.0 Å². The van der Waals surface area contributed by atoms with Crippen LogP contribution in [0.5, 0.6) is 0 Å². The van der Waals surface area contributed by atoms with Crippen molar-refractivity contribution in [3.63, 3.8) is 0 Å². The first-order chi connectivity index (χ1) is 15.4. The number of sulfonamides is 1. The summed E-state index contributed by atoms with van der Waals surface area (Å²) in [5.41, 5.74) is 5.98. The monoisotopic (exact) mass is 458 g/mol. The van der Waals surface area contributed by atoms with E-state index in [1.165, 1.54) is 22.3 Å². The first-order valence-corrected chi connectivity index (χ1v) is 13.9. The van der Waals surface area contributed by atoms with Crippen molar-refractivity contribution in [3.8, 4) is 0 Å². The summed E-state index contributed by atoms with van der Waals surface area (Å²) in [7, 11) is -1.57. The maximum Gasteiger partial charge on any atom is 0.332 e. The number of amides is 2. The third-order valence-electron chi connectivity index (χ3n) is 8.60. The van der Waals surface area contributed by atoms with Crippen molar-refractivity contribution < 1.29 is 13.2 Å². The molecule has 3 atom stereocenters. The van der Waals surface area contributed by atoms with Crippen molar-refractivity contribution in [1.29, 1.82) is 0 Å². The largest absolute Gasteiger partial charge is 0.332 e. The van der Waals surface area contributed by atoms with Crippen LogP contribution in [0.2, 0.25) is 0 Å². The SMILES string of the molecule is CN1CC(N2C3CC[C@@H]2C[C@H](S(=O)(=O)NC(=O)Nc2c4c(cc5c2CCC5)CCC4)C3)C1. The van der Waals surface area contributed by atoms with E-state index in [9.17, 15) is 13.2 Å². The molecule has 0 aromatic heterocycles. The summed E-state index contributed by atoms with van der Waals surface area (Å²) in [5.74, 6) is 0. The zero-order valence-corrected chi connectivity index (χ0v) is 19.7. The predicted molar refractivity (Wildman–Crippen MR) is 125 cm³/mol. The number of carbonyl (C=O) groups excluding carboxylic acids is 1. The number of likely N-dealkylation sites (tertiary alicyclic amines) is 1. The number of anilines is 1. The molecule has 1 unspecified atom stereocenters. The lowest BCUT2D eigenvalue weighted by atomic mass is 9.96. The van der Waals surface area contributed by atoms with Gasteiger partial charge >= 0.3 is 6.03 Å². The molecule has 1 aromatic carbocycles. The van der Waals surface area contributed by atoms with Crippen LogP contribution < -0.4 is 10.0 Å². The van der Waals surface area contributed by atoms with Gasteiger partial charge in [-0.15, -0.1) is 0 Å². The molecule has 3 aliphatic heterocycles. The standard InChI is InChI=1S/C24H34N4O3S/c1-27-13-19(14-27)28-17-8-9-18(28)12-20(11-17)32(30,31)26-24(29)25-23-21-6-2-4-15(21)10-16-5-3-7-22(16)23/h10,17-20H,2-9,11-14H2,1H3,(H2,25,26,29)/t17-,18?,20+/m1/s1. The Balaban J connectivity index is 1.15. The lowest BCUT2D eigenvalue weighted by Gasteiger charge is -2.50. The smallest absolute Gasteiger partial charge is 0.307 e. The Hall–Kier alpha value is -1.64. The molecule has 2 N–H and O–H groups in total. The van der Waals surface area contributed by atoms with Gasteiger partial charge in [0.1, 0.15) is 0 Å².